The SMILES string of the molecule is C=CCC(C=C)O[Si](O[C@@H](C)C(=O)OCC)(C(C)C)C(C)C. The Morgan fingerprint density at radius 1 is 1.09 bits per heavy atom. The molecule has 0 aliphatic carbocycles. The molecule has 0 bridgehead atoms. The number of esters is 1. The van der Waals surface area contributed by atoms with E-state index in [1.54, 1.807) is 26.0 Å². The average Bonchev–Trinajstić information content (AvgIpc) is 2.45. The molecule has 0 aliphatic rings. The van der Waals surface area contributed by atoms with Crippen LogP contribution in [0.2, 0.25) is 11.1 Å². The molecule has 22 heavy (non-hydrogen) atoms. The first-order valence-corrected chi connectivity index (χ1v) is 9.97. The fraction of sp³-hybridized carbons (Fsp3) is 0.706. The van der Waals surface area contributed by atoms with Crippen LogP contribution in [0.1, 0.15) is 48.0 Å². The summed E-state index contributed by atoms with van der Waals surface area (Å²) in [6.45, 7) is 19.8. The van der Waals surface area contributed by atoms with E-state index in [4.69, 9.17) is 13.6 Å². The summed E-state index contributed by atoms with van der Waals surface area (Å²) < 4.78 is 17.6. The predicted molar refractivity (Wildman–Crippen MR) is 93.0 cm³/mol. The van der Waals surface area contributed by atoms with Crippen LogP contribution in [0, 0.1) is 0 Å². The molecule has 0 aliphatic heterocycles. The van der Waals surface area contributed by atoms with E-state index in [9.17, 15) is 4.79 Å². The zero-order valence-corrected chi connectivity index (χ0v) is 15.9. The summed E-state index contributed by atoms with van der Waals surface area (Å²) in [4.78, 5) is 11.9. The minimum Gasteiger partial charge on any atom is -0.464 e. The molecular formula is C17H32O4Si. The normalized spacial score (nSPS) is 14.7. The first kappa shape index (κ1) is 21.1. The van der Waals surface area contributed by atoms with E-state index in [2.05, 4.69) is 40.9 Å². The molecule has 4 nitrogen and oxygen atoms in total. The molecule has 0 aromatic rings. The zero-order chi connectivity index (χ0) is 17.3. The van der Waals surface area contributed by atoms with E-state index in [0.717, 1.165) is 0 Å². The first-order chi connectivity index (χ1) is 10.2. The summed E-state index contributed by atoms with van der Waals surface area (Å²) in [5.41, 5.74) is 0.383. The van der Waals surface area contributed by atoms with Crippen molar-refractivity contribution in [2.24, 2.45) is 0 Å². The summed E-state index contributed by atoms with van der Waals surface area (Å²) in [7, 11) is -2.65. The topological polar surface area (TPSA) is 44.8 Å². The van der Waals surface area contributed by atoms with E-state index in [0.29, 0.717) is 13.0 Å². The Bertz CT molecular complexity index is 358. The molecule has 0 radical (unpaired) electrons. The van der Waals surface area contributed by atoms with Crippen LogP contribution >= 0.6 is 0 Å². The fourth-order valence-corrected chi connectivity index (χ4v) is 6.21. The Morgan fingerprint density at radius 3 is 2.00 bits per heavy atom. The van der Waals surface area contributed by atoms with Gasteiger partial charge in [-0.05, 0) is 31.4 Å². The molecule has 0 aromatic heterocycles. The van der Waals surface area contributed by atoms with Crippen molar-refractivity contribution in [2.45, 2.75) is 71.3 Å². The van der Waals surface area contributed by atoms with Gasteiger partial charge in [0.05, 0.1) is 12.7 Å². The Morgan fingerprint density at radius 2 is 1.64 bits per heavy atom. The largest absolute Gasteiger partial charge is 0.464 e. The van der Waals surface area contributed by atoms with Crippen molar-refractivity contribution in [1.82, 2.24) is 0 Å². The summed E-state index contributed by atoms with van der Waals surface area (Å²) in [5.74, 6) is -0.344. The van der Waals surface area contributed by atoms with Crippen molar-refractivity contribution in [3.63, 3.8) is 0 Å². The number of hydrogen-bond acceptors (Lipinski definition) is 4. The highest BCUT2D eigenvalue weighted by molar-refractivity contribution is 6.70. The molecule has 0 rings (SSSR count). The average molecular weight is 329 g/mol. The molecule has 2 atom stereocenters. The molecule has 0 heterocycles. The standard InChI is InChI=1S/C17H32O4Si/c1-9-12-16(10-2)21-22(13(4)5,14(6)7)20-15(8)17(18)19-11-3/h9-10,13-16H,1-2,11-12H2,3-8H3/t15-,16?/m0/s1. The van der Waals surface area contributed by atoms with Gasteiger partial charge in [-0.2, -0.15) is 0 Å². The Labute approximate surface area is 136 Å². The van der Waals surface area contributed by atoms with Crippen molar-refractivity contribution >= 4 is 14.5 Å². The van der Waals surface area contributed by atoms with Crippen LogP contribution in [0.4, 0.5) is 0 Å². The van der Waals surface area contributed by atoms with Gasteiger partial charge in [-0.15, -0.1) is 13.2 Å². The third-order valence-corrected chi connectivity index (χ3v) is 8.20. The van der Waals surface area contributed by atoms with Crippen LogP contribution in [0.5, 0.6) is 0 Å². The third-order valence-electron chi connectivity index (χ3n) is 3.59. The maximum Gasteiger partial charge on any atom is 0.344 e. The van der Waals surface area contributed by atoms with E-state index in [-0.39, 0.29) is 23.2 Å². The van der Waals surface area contributed by atoms with Crippen molar-refractivity contribution < 1.29 is 18.4 Å². The summed E-state index contributed by atoms with van der Waals surface area (Å²) in [5, 5.41) is 0. The highest BCUT2D eigenvalue weighted by Crippen LogP contribution is 2.37. The van der Waals surface area contributed by atoms with Gasteiger partial charge in [0.15, 0.2) is 0 Å². The second-order valence-electron chi connectivity index (χ2n) is 5.96. The predicted octanol–water partition coefficient (Wildman–Crippen LogP) is 4.36. The molecule has 5 heteroatoms. The number of carbonyl (C=O) groups is 1. The van der Waals surface area contributed by atoms with Crippen LogP contribution in [-0.2, 0) is 18.4 Å². The van der Waals surface area contributed by atoms with E-state index in [1.807, 2.05) is 0 Å². The van der Waals surface area contributed by atoms with Gasteiger partial charge < -0.3 is 13.6 Å². The zero-order valence-electron chi connectivity index (χ0n) is 14.9. The molecule has 128 valence electrons. The Kier molecular flexibility index (Phi) is 9.56. The molecule has 0 saturated heterocycles. The monoisotopic (exact) mass is 328 g/mol. The lowest BCUT2D eigenvalue weighted by Crippen LogP contribution is -2.53. The van der Waals surface area contributed by atoms with E-state index < -0.39 is 14.7 Å². The maximum atomic E-state index is 11.9. The number of carbonyl (C=O) groups excluding carboxylic acids is 1. The van der Waals surface area contributed by atoms with Gasteiger partial charge in [-0.3, -0.25) is 0 Å². The van der Waals surface area contributed by atoms with Gasteiger partial charge in [0.1, 0.15) is 6.10 Å². The highest BCUT2D eigenvalue weighted by Gasteiger charge is 2.48. The van der Waals surface area contributed by atoms with Crippen LogP contribution in [0.3, 0.4) is 0 Å². The van der Waals surface area contributed by atoms with E-state index >= 15 is 0 Å². The van der Waals surface area contributed by atoms with Gasteiger partial charge in [-0.1, -0.05) is 39.8 Å². The number of ether oxygens (including phenoxy) is 1. The fourth-order valence-electron chi connectivity index (χ4n) is 2.42. The smallest absolute Gasteiger partial charge is 0.344 e. The van der Waals surface area contributed by atoms with Crippen molar-refractivity contribution in [2.75, 3.05) is 6.61 Å². The summed E-state index contributed by atoms with van der Waals surface area (Å²) in [6.07, 6.45) is 3.47. The lowest BCUT2D eigenvalue weighted by atomic mass is 10.2. The minimum atomic E-state index is -2.65. The maximum absolute atomic E-state index is 11.9. The molecule has 1 unspecified atom stereocenters. The van der Waals surface area contributed by atoms with Gasteiger partial charge in [0.2, 0.25) is 0 Å². The summed E-state index contributed by atoms with van der Waals surface area (Å²) >= 11 is 0. The van der Waals surface area contributed by atoms with Crippen molar-refractivity contribution in [3.8, 4) is 0 Å². The number of hydrogen-bond donors (Lipinski definition) is 0. The minimum absolute atomic E-state index is 0.150. The van der Waals surface area contributed by atoms with Gasteiger partial charge in [0, 0.05) is 0 Å². The highest BCUT2D eigenvalue weighted by atomic mass is 28.4. The lowest BCUT2D eigenvalue weighted by molar-refractivity contribution is -0.152. The number of rotatable bonds is 11. The van der Waals surface area contributed by atoms with Crippen LogP contribution < -0.4 is 0 Å². The van der Waals surface area contributed by atoms with Crippen molar-refractivity contribution in [3.05, 3.63) is 25.3 Å². The van der Waals surface area contributed by atoms with Crippen LogP contribution in [0.15, 0.2) is 25.3 Å². The van der Waals surface area contributed by atoms with Crippen LogP contribution in [0.25, 0.3) is 0 Å². The molecule has 0 saturated carbocycles. The third kappa shape index (κ3) is 5.70. The lowest BCUT2D eigenvalue weighted by Gasteiger charge is -2.40. The van der Waals surface area contributed by atoms with E-state index in [1.165, 1.54) is 0 Å². The second-order valence-corrected chi connectivity index (χ2v) is 10.2. The first-order valence-electron chi connectivity index (χ1n) is 8.00. The van der Waals surface area contributed by atoms with Gasteiger partial charge in [-0.25, -0.2) is 4.79 Å². The van der Waals surface area contributed by atoms with Gasteiger partial charge >= 0.3 is 14.5 Å². The Hall–Kier alpha value is -0.913. The molecule has 0 aromatic carbocycles. The molecular weight excluding hydrogens is 296 g/mol. The molecule has 0 fully saturated rings. The molecule has 0 amide bonds. The Balaban J connectivity index is 5.36. The van der Waals surface area contributed by atoms with Gasteiger partial charge in [0.25, 0.3) is 0 Å². The quantitative estimate of drug-likeness (QED) is 0.321. The molecule has 0 N–H and O–H groups in total. The molecule has 0 spiro atoms. The summed E-state index contributed by atoms with van der Waals surface area (Å²) in [6, 6.07) is 0. The van der Waals surface area contributed by atoms with Crippen molar-refractivity contribution in [1.29, 1.82) is 0 Å². The second kappa shape index (κ2) is 9.97. The van der Waals surface area contributed by atoms with Crippen LogP contribution in [-0.4, -0.2) is 33.3 Å².